The SMILES string of the molecule is CCCCN(CCCC)CC1CC(C(C)C)CCC1O. The molecule has 3 unspecified atom stereocenters. The summed E-state index contributed by atoms with van der Waals surface area (Å²) in [7, 11) is 0. The third-order valence-corrected chi connectivity index (χ3v) is 5.07. The van der Waals surface area contributed by atoms with Gasteiger partial charge in [-0.1, -0.05) is 40.5 Å². The van der Waals surface area contributed by atoms with Crippen LogP contribution in [0.5, 0.6) is 0 Å². The second kappa shape index (κ2) is 9.78. The molecule has 1 rings (SSSR count). The van der Waals surface area contributed by atoms with Crippen molar-refractivity contribution >= 4 is 0 Å². The molecule has 0 spiro atoms. The summed E-state index contributed by atoms with van der Waals surface area (Å²) in [4.78, 5) is 2.61. The number of aliphatic hydroxyl groups is 1. The molecule has 3 atom stereocenters. The van der Waals surface area contributed by atoms with Crippen LogP contribution in [0.25, 0.3) is 0 Å². The molecule has 20 heavy (non-hydrogen) atoms. The van der Waals surface area contributed by atoms with E-state index in [0.29, 0.717) is 5.92 Å². The van der Waals surface area contributed by atoms with E-state index < -0.39 is 0 Å². The van der Waals surface area contributed by atoms with Crippen LogP contribution < -0.4 is 0 Å². The highest BCUT2D eigenvalue weighted by atomic mass is 16.3. The van der Waals surface area contributed by atoms with Crippen molar-refractivity contribution in [2.45, 2.75) is 78.7 Å². The summed E-state index contributed by atoms with van der Waals surface area (Å²) < 4.78 is 0. The second-order valence-electron chi connectivity index (χ2n) is 7.15. The largest absolute Gasteiger partial charge is 0.393 e. The first kappa shape index (κ1) is 18.0. The van der Waals surface area contributed by atoms with Crippen LogP contribution in [0, 0.1) is 17.8 Å². The normalized spacial score (nSPS) is 27.4. The minimum atomic E-state index is -0.0595. The third-order valence-electron chi connectivity index (χ3n) is 5.07. The van der Waals surface area contributed by atoms with Crippen LogP contribution >= 0.6 is 0 Å². The molecule has 0 radical (unpaired) electrons. The van der Waals surface area contributed by atoms with E-state index in [2.05, 4.69) is 32.6 Å². The molecule has 1 fully saturated rings. The van der Waals surface area contributed by atoms with Crippen molar-refractivity contribution in [3.8, 4) is 0 Å². The maximum absolute atomic E-state index is 10.3. The van der Waals surface area contributed by atoms with Crippen LogP contribution in [0.3, 0.4) is 0 Å². The average Bonchev–Trinajstić information content (AvgIpc) is 2.43. The molecule has 1 aliphatic carbocycles. The Morgan fingerprint density at radius 1 is 1.05 bits per heavy atom. The van der Waals surface area contributed by atoms with E-state index >= 15 is 0 Å². The molecule has 0 aromatic carbocycles. The first-order valence-electron chi connectivity index (χ1n) is 8.98. The lowest BCUT2D eigenvalue weighted by Gasteiger charge is -2.38. The van der Waals surface area contributed by atoms with E-state index in [0.717, 1.165) is 24.8 Å². The molecule has 120 valence electrons. The van der Waals surface area contributed by atoms with Gasteiger partial charge in [0.25, 0.3) is 0 Å². The summed E-state index contributed by atoms with van der Waals surface area (Å²) in [5.74, 6) is 2.09. The fourth-order valence-corrected chi connectivity index (χ4v) is 3.48. The predicted molar refractivity (Wildman–Crippen MR) is 87.9 cm³/mol. The highest BCUT2D eigenvalue weighted by Gasteiger charge is 2.31. The van der Waals surface area contributed by atoms with E-state index in [1.807, 2.05) is 0 Å². The summed E-state index contributed by atoms with van der Waals surface area (Å²) in [6.45, 7) is 12.8. The van der Waals surface area contributed by atoms with Crippen molar-refractivity contribution in [3.05, 3.63) is 0 Å². The zero-order valence-electron chi connectivity index (χ0n) is 14.3. The fourth-order valence-electron chi connectivity index (χ4n) is 3.48. The molecule has 0 bridgehead atoms. The standard InChI is InChI=1S/C18H37NO/c1-5-7-11-19(12-8-6-2)14-17-13-16(15(3)4)9-10-18(17)20/h15-18,20H,5-14H2,1-4H3. The van der Waals surface area contributed by atoms with E-state index in [1.165, 1.54) is 51.6 Å². The molecule has 0 heterocycles. The number of nitrogens with zero attached hydrogens (tertiary/aromatic N) is 1. The fraction of sp³-hybridized carbons (Fsp3) is 1.00. The lowest BCUT2D eigenvalue weighted by atomic mass is 9.74. The number of hydrogen-bond acceptors (Lipinski definition) is 2. The van der Waals surface area contributed by atoms with Gasteiger partial charge in [0, 0.05) is 6.54 Å². The molecule has 1 N–H and O–H groups in total. The molecule has 0 amide bonds. The topological polar surface area (TPSA) is 23.5 Å². The number of unbranched alkanes of at least 4 members (excludes halogenated alkanes) is 2. The zero-order valence-corrected chi connectivity index (χ0v) is 14.3. The number of aliphatic hydroxyl groups excluding tert-OH is 1. The first-order chi connectivity index (χ1) is 9.58. The van der Waals surface area contributed by atoms with Crippen LogP contribution in [0.4, 0.5) is 0 Å². The molecule has 1 saturated carbocycles. The minimum absolute atomic E-state index is 0.0595. The van der Waals surface area contributed by atoms with E-state index in [9.17, 15) is 5.11 Å². The summed E-state index contributed by atoms with van der Waals surface area (Å²) in [5.41, 5.74) is 0. The van der Waals surface area contributed by atoms with Gasteiger partial charge in [-0.15, -0.1) is 0 Å². The van der Waals surface area contributed by atoms with Gasteiger partial charge >= 0.3 is 0 Å². The van der Waals surface area contributed by atoms with Crippen LogP contribution in [0.2, 0.25) is 0 Å². The van der Waals surface area contributed by atoms with Crippen LogP contribution in [0.15, 0.2) is 0 Å². The van der Waals surface area contributed by atoms with Crippen molar-refractivity contribution in [3.63, 3.8) is 0 Å². The quantitative estimate of drug-likeness (QED) is 0.681. The van der Waals surface area contributed by atoms with Crippen LogP contribution in [-0.2, 0) is 0 Å². The van der Waals surface area contributed by atoms with Crippen molar-refractivity contribution in [1.29, 1.82) is 0 Å². The first-order valence-corrected chi connectivity index (χ1v) is 8.98. The van der Waals surface area contributed by atoms with Gasteiger partial charge in [0.2, 0.25) is 0 Å². The highest BCUT2D eigenvalue weighted by Crippen LogP contribution is 2.34. The lowest BCUT2D eigenvalue weighted by Crippen LogP contribution is -2.40. The number of rotatable bonds is 9. The van der Waals surface area contributed by atoms with Crippen molar-refractivity contribution in [1.82, 2.24) is 4.90 Å². The Bertz CT molecular complexity index is 234. The molecular weight excluding hydrogens is 246 g/mol. The predicted octanol–water partition coefficient (Wildman–Crippen LogP) is 4.32. The van der Waals surface area contributed by atoms with E-state index in [4.69, 9.17) is 0 Å². The van der Waals surface area contributed by atoms with Gasteiger partial charge in [-0.25, -0.2) is 0 Å². The molecule has 0 aromatic rings. The Kier molecular flexibility index (Phi) is 8.79. The second-order valence-corrected chi connectivity index (χ2v) is 7.15. The maximum Gasteiger partial charge on any atom is 0.0580 e. The van der Waals surface area contributed by atoms with E-state index in [-0.39, 0.29) is 6.10 Å². The Hall–Kier alpha value is -0.0800. The maximum atomic E-state index is 10.3. The summed E-state index contributed by atoms with van der Waals surface area (Å²) >= 11 is 0. The molecule has 0 aromatic heterocycles. The number of hydrogen-bond donors (Lipinski definition) is 1. The summed E-state index contributed by atoms with van der Waals surface area (Å²) in [5, 5.41) is 10.3. The van der Waals surface area contributed by atoms with Gasteiger partial charge in [-0.2, -0.15) is 0 Å². The molecular formula is C18H37NO. The van der Waals surface area contributed by atoms with Gasteiger partial charge in [0.05, 0.1) is 6.10 Å². The Balaban J connectivity index is 2.50. The van der Waals surface area contributed by atoms with Crippen molar-refractivity contribution < 1.29 is 5.11 Å². The highest BCUT2D eigenvalue weighted by molar-refractivity contribution is 4.83. The third kappa shape index (κ3) is 6.13. The van der Waals surface area contributed by atoms with Crippen molar-refractivity contribution in [2.24, 2.45) is 17.8 Å². The van der Waals surface area contributed by atoms with Gasteiger partial charge in [-0.3, -0.25) is 0 Å². The van der Waals surface area contributed by atoms with Crippen molar-refractivity contribution in [2.75, 3.05) is 19.6 Å². The summed E-state index contributed by atoms with van der Waals surface area (Å²) in [6.07, 6.45) is 8.53. The molecule has 0 saturated heterocycles. The van der Waals surface area contributed by atoms with Gasteiger partial charge < -0.3 is 10.0 Å². The molecule has 2 heteroatoms. The van der Waals surface area contributed by atoms with E-state index in [1.54, 1.807) is 0 Å². The van der Waals surface area contributed by atoms with Crippen LogP contribution in [-0.4, -0.2) is 35.7 Å². The molecule has 2 nitrogen and oxygen atoms in total. The average molecular weight is 283 g/mol. The Morgan fingerprint density at radius 2 is 1.65 bits per heavy atom. The lowest BCUT2D eigenvalue weighted by molar-refractivity contribution is 0.0181. The molecule has 0 aliphatic heterocycles. The zero-order chi connectivity index (χ0) is 15.0. The summed E-state index contributed by atoms with van der Waals surface area (Å²) in [6, 6.07) is 0. The van der Waals surface area contributed by atoms with Crippen LogP contribution in [0.1, 0.15) is 72.6 Å². The molecule has 1 aliphatic rings. The minimum Gasteiger partial charge on any atom is -0.393 e. The Morgan fingerprint density at radius 3 is 2.15 bits per heavy atom. The van der Waals surface area contributed by atoms with Gasteiger partial charge in [0.1, 0.15) is 0 Å². The Labute approximate surface area is 126 Å². The van der Waals surface area contributed by atoms with Gasteiger partial charge in [0.15, 0.2) is 0 Å². The van der Waals surface area contributed by atoms with Gasteiger partial charge in [-0.05, 0) is 62.9 Å². The monoisotopic (exact) mass is 283 g/mol. The smallest absolute Gasteiger partial charge is 0.0580 e.